The summed E-state index contributed by atoms with van der Waals surface area (Å²) in [6.45, 7) is 6.15. The summed E-state index contributed by atoms with van der Waals surface area (Å²) in [4.78, 5) is 30.9. The number of aliphatic imine (C=N–C) groups is 1. The minimum Gasteiger partial charge on any atom is -0.444 e. The van der Waals surface area contributed by atoms with Crippen LogP contribution in [-0.4, -0.2) is 72.4 Å². The van der Waals surface area contributed by atoms with Crippen LogP contribution in [0.25, 0.3) is 0 Å². The van der Waals surface area contributed by atoms with E-state index in [2.05, 4.69) is 4.99 Å². The van der Waals surface area contributed by atoms with Gasteiger partial charge in [-0.25, -0.2) is 4.79 Å². The highest BCUT2D eigenvalue weighted by molar-refractivity contribution is 6.09. The number of alkyl halides is 3. The molecule has 0 aromatic heterocycles. The van der Waals surface area contributed by atoms with Crippen molar-refractivity contribution in [1.82, 2.24) is 9.80 Å². The molecule has 1 amide bonds. The van der Waals surface area contributed by atoms with Crippen LogP contribution in [0.15, 0.2) is 17.3 Å². The van der Waals surface area contributed by atoms with Gasteiger partial charge in [0.1, 0.15) is 5.60 Å². The van der Waals surface area contributed by atoms with Gasteiger partial charge in [-0.05, 0) is 39.7 Å². The van der Waals surface area contributed by atoms with Crippen LogP contribution in [0.4, 0.5) is 18.0 Å². The number of allylic oxidation sites excluding steroid dienone is 1. The van der Waals surface area contributed by atoms with E-state index in [-0.39, 0.29) is 11.8 Å². The van der Waals surface area contributed by atoms with E-state index in [1.54, 1.807) is 50.9 Å². The summed E-state index contributed by atoms with van der Waals surface area (Å²) in [6, 6.07) is -0.244. The predicted octanol–water partition coefficient (Wildman–Crippen LogP) is 3.42. The molecule has 9 heteroatoms. The van der Waals surface area contributed by atoms with E-state index in [1.165, 1.54) is 6.08 Å². The average molecular weight is 391 g/mol. The highest BCUT2D eigenvalue weighted by atomic mass is 19.4. The standard InChI is InChI=1S/C18H28F3N3O3/c1-17(2,3)27-16(26)24-10-7-13(8-11-24)22-14(6-9-23(4)5)12-15(25)18(19,20)21/h6,9,13H,7-8,10-12H2,1-5H3. The van der Waals surface area contributed by atoms with Gasteiger partial charge in [0.25, 0.3) is 0 Å². The number of Topliss-reactive ketones (excluding diaryl/α,β-unsaturated/α-hetero) is 1. The summed E-state index contributed by atoms with van der Waals surface area (Å²) < 4.78 is 43.0. The fourth-order valence-electron chi connectivity index (χ4n) is 2.39. The van der Waals surface area contributed by atoms with Crippen LogP contribution < -0.4 is 0 Å². The smallest absolute Gasteiger partial charge is 0.444 e. The minimum atomic E-state index is -4.88. The van der Waals surface area contributed by atoms with Crippen LogP contribution in [-0.2, 0) is 9.53 Å². The van der Waals surface area contributed by atoms with Gasteiger partial charge in [-0.1, -0.05) is 0 Å². The molecule has 1 aliphatic rings. The number of rotatable bonds is 5. The first-order valence-corrected chi connectivity index (χ1v) is 8.77. The van der Waals surface area contributed by atoms with Gasteiger partial charge in [0.15, 0.2) is 0 Å². The fraction of sp³-hybridized carbons (Fsp3) is 0.722. The van der Waals surface area contributed by atoms with Crippen LogP contribution in [0.1, 0.15) is 40.0 Å². The number of hydrogen-bond donors (Lipinski definition) is 0. The van der Waals surface area contributed by atoms with Crippen molar-refractivity contribution in [2.45, 2.75) is 57.9 Å². The molecular formula is C18H28F3N3O3. The molecule has 1 rings (SSSR count). The maximum absolute atomic E-state index is 12.6. The van der Waals surface area contributed by atoms with Gasteiger partial charge < -0.3 is 14.5 Å². The monoisotopic (exact) mass is 391 g/mol. The van der Waals surface area contributed by atoms with E-state index in [1.807, 2.05) is 0 Å². The number of likely N-dealkylation sites (tertiary alicyclic amines) is 1. The highest BCUT2D eigenvalue weighted by Crippen LogP contribution is 2.21. The van der Waals surface area contributed by atoms with Crippen molar-refractivity contribution in [3.63, 3.8) is 0 Å². The number of ketones is 1. The van der Waals surface area contributed by atoms with Gasteiger partial charge in [-0.3, -0.25) is 9.79 Å². The third-order valence-electron chi connectivity index (χ3n) is 3.69. The van der Waals surface area contributed by atoms with Crippen molar-refractivity contribution in [2.75, 3.05) is 27.2 Å². The molecule has 0 aliphatic carbocycles. The lowest BCUT2D eigenvalue weighted by Crippen LogP contribution is -2.42. The number of amides is 1. The quantitative estimate of drug-likeness (QED) is 0.674. The second kappa shape index (κ2) is 9.23. The van der Waals surface area contributed by atoms with Gasteiger partial charge in [0.05, 0.1) is 12.5 Å². The Morgan fingerprint density at radius 2 is 1.74 bits per heavy atom. The number of piperidine rings is 1. The molecule has 0 aromatic carbocycles. The van der Waals surface area contributed by atoms with E-state index in [0.717, 1.165) is 0 Å². The Labute approximate surface area is 158 Å². The first-order valence-electron chi connectivity index (χ1n) is 8.77. The average Bonchev–Trinajstić information content (AvgIpc) is 2.50. The van der Waals surface area contributed by atoms with Crippen molar-refractivity contribution in [1.29, 1.82) is 0 Å². The van der Waals surface area contributed by atoms with Gasteiger partial charge in [-0.15, -0.1) is 0 Å². The summed E-state index contributed by atoms with van der Waals surface area (Å²) >= 11 is 0. The molecule has 0 spiro atoms. The van der Waals surface area contributed by atoms with Crippen LogP contribution in [0.3, 0.4) is 0 Å². The Kier molecular flexibility index (Phi) is 7.86. The zero-order chi connectivity index (χ0) is 20.8. The Morgan fingerprint density at radius 3 is 2.19 bits per heavy atom. The summed E-state index contributed by atoms with van der Waals surface area (Å²) in [7, 11) is 3.44. The van der Waals surface area contributed by atoms with Gasteiger partial charge in [0, 0.05) is 39.1 Å². The van der Waals surface area contributed by atoms with Crippen molar-refractivity contribution >= 4 is 17.6 Å². The number of nitrogens with zero attached hydrogens (tertiary/aromatic N) is 3. The Balaban J connectivity index is 2.76. The summed E-state index contributed by atoms with van der Waals surface area (Å²) in [5, 5.41) is 0. The van der Waals surface area contributed by atoms with Crippen molar-refractivity contribution in [3.05, 3.63) is 12.3 Å². The van der Waals surface area contributed by atoms with E-state index in [9.17, 15) is 22.8 Å². The van der Waals surface area contributed by atoms with E-state index in [0.29, 0.717) is 25.9 Å². The topological polar surface area (TPSA) is 62.2 Å². The number of carbonyl (C=O) groups excluding carboxylic acids is 2. The highest BCUT2D eigenvalue weighted by Gasteiger charge is 2.38. The molecule has 0 bridgehead atoms. The number of ether oxygens (including phenoxy) is 1. The molecule has 1 aliphatic heterocycles. The molecule has 6 nitrogen and oxygen atoms in total. The summed E-state index contributed by atoms with van der Waals surface area (Å²) in [5.74, 6) is -1.82. The second-order valence-corrected chi connectivity index (χ2v) is 7.70. The van der Waals surface area contributed by atoms with Crippen LogP contribution in [0.5, 0.6) is 0 Å². The Morgan fingerprint density at radius 1 is 1.19 bits per heavy atom. The number of halogens is 3. The minimum absolute atomic E-state index is 0.0849. The molecule has 0 N–H and O–H groups in total. The lowest BCUT2D eigenvalue weighted by molar-refractivity contribution is -0.169. The predicted molar refractivity (Wildman–Crippen MR) is 96.8 cm³/mol. The zero-order valence-corrected chi connectivity index (χ0v) is 16.5. The van der Waals surface area contributed by atoms with E-state index in [4.69, 9.17) is 4.74 Å². The molecule has 27 heavy (non-hydrogen) atoms. The lowest BCUT2D eigenvalue weighted by atomic mass is 10.0. The molecular weight excluding hydrogens is 363 g/mol. The molecule has 1 saturated heterocycles. The fourth-order valence-corrected chi connectivity index (χ4v) is 2.39. The van der Waals surface area contributed by atoms with Crippen molar-refractivity contribution < 1.29 is 27.5 Å². The van der Waals surface area contributed by atoms with Crippen LogP contribution >= 0.6 is 0 Å². The molecule has 0 unspecified atom stereocenters. The third-order valence-corrected chi connectivity index (χ3v) is 3.69. The summed E-state index contributed by atoms with van der Waals surface area (Å²) in [5.41, 5.74) is -0.504. The summed E-state index contributed by atoms with van der Waals surface area (Å²) in [6.07, 6.45) is -2.11. The second-order valence-electron chi connectivity index (χ2n) is 7.70. The molecule has 1 heterocycles. The van der Waals surface area contributed by atoms with Gasteiger partial charge in [-0.2, -0.15) is 13.2 Å². The molecule has 154 valence electrons. The lowest BCUT2D eigenvalue weighted by Gasteiger charge is -2.32. The molecule has 0 radical (unpaired) electrons. The van der Waals surface area contributed by atoms with E-state index >= 15 is 0 Å². The van der Waals surface area contributed by atoms with Crippen molar-refractivity contribution in [3.8, 4) is 0 Å². The number of carbonyl (C=O) groups is 2. The molecule has 0 saturated carbocycles. The maximum atomic E-state index is 12.6. The normalized spacial score (nSPS) is 17.3. The van der Waals surface area contributed by atoms with Crippen LogP contribution in [0, 0.1) is 0 Å². The zero-order valence-electron chi connectivity index (χ0n) is 16.5. The number of hydrogen-bond acceptors (Lipinski definition) is 5. The van der Waals surface area contributed by atoms with Gasteiger partial charge in [0.2, 0.25) is 5.78 Å². The Hall–Kier alpha value is -2.06. The van der Waals surface area contributed by atoms with E-state index < -0.39 is 30.1 Å². The SMILES string of the molecule is CN(C)C=CC(CC(=O)C(F)(F)F)=NC1CCN(C(=O)OC(C)(C)C)CC1. The van der Waals surface area contributed by atoms with Crippen LogP contribution in [0.2, 0.25) is 0 Å². The third kappa shape index (κ3) is 8.92. The largest absolute Gasteiger partial charge is 0.450 e. The first-order chi connectivity index (χ1) is 12.3. The maximum Gasteiger partial charge on any atom is 0.450 e. The molecule has 0 aromatic rings. The molecule has 0 atom stereocenters. The van der Waals surface area contributed by atoms with Gasteiger partial charge >= 0.3 is 12.3 Å². The molecule has 1 fully saturated rings. The Bertz CT molecular complexity index is 585. The first kappa shape index (κ1) is 23.0. The van der Waals surface area contributed by atoms with Crippen molar-refractivity contribution in [2.24, 2.45) is 4.99 Å².